The standard InChI is InChI=1S/C21H25NO5/c1-15(2)22(16(3)23)13-18(24)14-26-19-9-11-20(12-10-19)27-21(25)17-7-5-4-6-8-17/h4-12,15,18,24H,13-14H2,1-3H3/t18-/m1/s1. The summed E-state index contributed by atoms with van der Waals surface area (Å²) in [6.07, 6.45) is -0.799. The molecule has 2 rings (SSSR count). The van der Waals surface area contributed by atoms with Crippen LogP contribution in [0.4, 0.5) is 0 Å². The summed E-state index contributed by atoms with van der Waals surface area (Å²) >= 11 is 0. The van der Waals surface area contributed by atoms with Crippen LogP contribution < -0.4 is 9.47 Å². The average molecular weight is 371 g/mol. The maximum atomic E-state index is 12.0. The van der Waals surface area contributed by atoms with Crippen molar-refractivity contribution in [1.29, 1.82) is 0 Å². The minimum Gasteiger partial charge on any atom is -0.491 e. The van der Waals surface area contributed by atoms with E-state index in [9.17, 15) is 14.7 Å². The van der Waals surface area contributed by atoms with Gasteiger partial charge in [0.25, 0.3) is 0 Å². The Kier molecular flexibility index (Phi) is 7.37. The van der Waals surface area contributed by atoms with Crippen LogP contribution in [0, 0.1) is 0 Å². The Balaban J connectivity index is 1.85. The summed E-state index contributed by atoms with van der Waals surface area (Å²) in [7, 11) is 0. The van der Waals surface area contributed by atoms with Crippen LogP contribution in [0.25, 0.3) is 0 Å². The zero-order valence-corrected chi connectivity index (χ0v) is 15.8. The van der Waals surface area contributed by atoms with E-state index >= 15 is 0 Å². The Hall–Kier alpha value is -2.86. The van der Waals surface area contributed by atoms with Crippen molar-refractivity contribution < 1.29 is 24.2 Å². The third-order valence-corrected chi connectivity index (χ3v) is 3.92. The SMILES string of the molecule is CC(=O)N(C[C@@H](O)COc1ccc(OC(=O)c2ccccc2)cc1)C(C)C. The highest BCUT2D eigenvalue weighted by Gasteiger charge is 2.17. The van der Waals surface area contributed by atoms with E-state index in [0.717, 1.165) is 0 Å². The number of aliphatic hydroxyl groups is 1. The largest absolute Gasteiger partial charge is 0.491 e. The lowest BCUT2D eigenvalue weighted by atomic mass is 10.2. The molecule has 0 saturated carbocycles. The molecule has 0 spiro atoms. The molecule has 1 atom stereocenters. The summed E-state index contributed by atoms with van der Waals surface area (Å²) in [4.78, 5) is 25.1. The molecule has 0 aliphatic rings. The van der Waals surface area contributed by atoms with Crippen molar-refractivity contribution in [2.45, 2.75) is 32.9 Å². The first-order valence-corrected chi connectivity index (χ1v) is 8.82. The van der Waals surface area contributed by atoms with Crippen molar-refractivity contribution in [3.8, 4) is 11.5 Å². The van der Waals surface area contributed by atoms with E-state index in [1.165, 1.54) is 6.92 Å². The van der Waals surface area contributed by atoms with Gasteiger partial charge in [-0.05, 0) is 50.2 Å². The lowest BCUT2D eigenvalue weighted by Crippen LogP contribution is -2.42. The van der Waals surface area contributed by atoms with Gasteiger partial charge in [-0.15, -0.1) is 0 Å². The molecular formula is C21H25NO5. The first kappa shape index (κ1) is 20.5. The van der Waals surface area contributed by atoms with Gasteiger partial charge in [0.15, 0.2) is 0 Å². The average Bonchev–Trinajstić information content (AvgIpc) is 2.65. The van der Waals surface area contributed by atoms with Gasteiger partial charge in [-0.25, -0.2) is 4.79 Å². The van der Waals surface area contributed by atoms with Crippen LogP contribution in [0.3, 0.4) is 0 Å². The van der Waals surface area contributed by atoms with Crippen molar-refractivity contribution in [1.82, 2.24) is 4.90 Å². The number of hydrogen-bond acceptors (Lipinski definition) is 5. The fourth-order valence-electron chi connectivity index (χ4n) is 2.52. The number of hydrogen-bond donors (Lipinski definition) is 1. The predicted octanol–water partition coefficient (Wildman–Crippen LogP) is 2.90. The molecule has 27 heavy (non-hydrogen) atoms. The monoisotopic (exact) mass is 371 g/mol. The maximum Gasteiger partial charge on any atom is 0.343 e. The van der Waals surface area contributed by atoms with Gasteiger partial charge in [-0.2, -0.15) is 0 Å². The lowest BCUT2D eigenvalue weighted by Gasteiger charge is -2.27. The van der Waals surface area contributed by atoms with Gasteiger partial charge in [0.05, 0.1) is 12.1 Å². The highest BCUT2D eigenvalue weighted by molar-refractivity contribution is 5.90. The van der Waals surface area contributed by atoms with Gasteiger partial charge >= 0.3 is 5.97 Å². The fraction of sp³-hybridized carbons (Fsp3) is 0.333. The van der Waals surface area contributed by atoms with Crippen molar-refractivity contribution >= 4 is 11.9 Å². The van der Waals surface area contributed by atoms with Crippen LogP contribution in [-0.4, -0.2) is 47.2 Å². The van der Waals surface area contributed by atoms with Gasteiger partial charge in [0.2, 0.25) is 5.91 Å². The normalized spacial score (nSPS) is 11.7. The number of nitrogens with zero attached hydrogens (tertiary/aromatic N) is 1. The third-order valence-electron chi connectivity index (χ3n) is 3.92. The number of rotatable bonds is 8. The van der Waals surface area contributed by atoms with Crippen LogP contribution in [0.5, 0.6) is 11.5 Å². The van der Waals surface area contributed by atoms with E-state index in [4.69, 9.17) is 9.47 Å². The molecule has 2 aromatic rings. The number of ether oxygens (including phenoxy) is 2. The van der Waals surface area contributed by atoms with Crippen molar-refractivity contribution in [2.24, 2.45) is 0 Å². The van der Waals surface area contributed by atoms with E-state index in [-0.39, 0.29) is 25.1 Å². The highest BCUT2D eigenvalue weighted by Crippen LogP contribution is 2.19. The smallest absolute Gasteiger partial charge is 0.343 e. The zero-order valence-electron chi connectivity index (χ0n) is 15.8. The molecule has 6 nitrogen and oxygen atoms in total. The fourth-order valence-corrected chi connectivity index (χ4v) is 2.52. The Bertz CT molecular complexity index is 743. The predicted molar refractivity (Wildman–Crippen MR) is 102 cm³/mol. The van der Waals surface area contributed by atoms with Gasteiger partial charge in [-0.1, -0.05) is 18.2 Å². The van der Waals surface area contributed by atoms with Crippen LogP contribution >= 0.6 is 0 Å². The van der Waals surface area contributed by atoms with Crippen LogP contribution in [0.2, 0.25) is 0 Å². The maximum absolute atomic E-state index is 12.0. The van der Waals surface area contributed by atoms with Crippen molar-refractivity contribution in [2.75, 3.05) is 13.2 Å². The molecule has 0 bridgehead atoms. The summed E-state index contributed by atoms with van der Waals surface area (Å²) < 4.78 is 10.8. The van der Waals surface area contributed by atoms with E-state index in [0.29, 0.717) is 17.1 Å². The van der Waals surface area contributed by atoms with Crippen LogP contribution in [-0.2, 0) is 4.79 Å². The summed E-state index contributed by atoms with van der Waals surface area (Å²) in [6.45, 7) is 5.53. The van der Waals surface area contributed by atoms with E-state index in [1.54, 1.807) is 53.4 Å². The molecule has 0 fully saturated rings. The molecule has 2 aromatic carbocycles. The first-order chi connectivity index (χ1) is 12.9. The van der Waals surface area contributed by atoms with Gasteiger partial charge in [-0.3, -0.25) is 4.79 Å². The Morgan fingerprint density at radius 3 is 2.15 bits per heavy atom. The van der Waals surface area contributed by atoms with Gasteiger partial charge in [0, 0.05) is 13.0 Å². The Morgan fingerprint density at radius 1 is 1.00 bits per heavy atom. The van der Waals surface area contributed by atoms with E-state index < -0.39 is 12.1 Å². The van der Waals surface area contributed by atoms with Crippen LogP contribution in [0.15, 0.2) is 54.6 Å². The molecule has 0 saturated heterocycles. The summed E-state index contributed by atoms with van der Waals surface area (Å²) in [5.74, 6) is 0.415. The number of esters is 1. The van der Waals surface area contributed by atoms with E-state index in [2.05, 4.69) is 0 Å². The number of aliphatic hydroxyl groups excluding tert-OH is 1. The van der Waals surface area contributed by atoms with Crippen LogP contribution in [0.1, 0.15) is 31.1 Å². The third kappa shape index (κ3) is 6.42. The summed E-state index contributed by atoms with van der Waals surface area (Å²) in [5, 5.41) is 10.1. The lowest BCUT2D eigenvalue weighted by molar-refractivity contribution is -0.132. The molecule has 0 radical (unpaired) electrons. The minimum atomic E-state index is -0.799. The summed E-state index contributed by atoms with van der Waals surface area (Å²) in [6, 6.07) is 15.3. The first-order valence-electron chi connectivity index (χ1n) is 8.82. The molecule has 0 heterocycles. The molecule has 144 valence electrons. The molecule has 1 amide bonds. The number of carbonyl (C=O) groups excluding carboxylic acids is 2. The second-order valence-electron chi connectivity index (χ2n) is 6.46. The highest BCUT2D eigenvalue weighted by atomic mass is 16.5. The molecule has 0 unspecified atom stereocenters. The second-order valence-corrected chi connectivity index (χ2v) is 6.46. The molecule has 6 heteroatoms. The quantitative estimate of drug-likeness (QED) is 0.570. The minimum absolute atomic E-state index is 0.00994. The Morgan fingerprint density at radius 2 is 1.59 bits per heavy atom. The molecule has 1 N–H and O–H groups in total. The number of amides is 1. The molecule has 0 aliphatic heterocycles. The zero-order chi connectivity index (χ0) is 19.8. The molecule has 0 aliphatic carbocycles. The molecule has 0 aromatic heterocycles. The van der Waals surface area contributed by atoms with Gasteiger partial charge in [0.1, 0.15) is 24.2 Å². The van der Waals surface area contributed by atoms with Gasteiger partial charge < -0.3 is 19.5 Å². The van der Waals surface area contributed by atoms with Crippen molar-refractivity contribution in [3.63, 3.8) is 0 Å². The van der Waals surface area contributed by atoms with E-state index in [1.807, 2.05) is 19.9 Å². The second kappa shape index (κ2) is 9.73. The number of carbonyl (C=O) groups is 2. The molecular weight excluding hydrogens is 346 g/mol. The van der Waals surface area contributed by atoms with Crippen molar-refractivity contribution in [3.05, 3.63) is 60.2 Å². The summed E-state index contributed by atoms with van der Waals surface area (Å²) in [5.41, 5.74) is 0.473. The topological polar surface area (TPSA) is 76.1 Å². The number of benzene rings is 2. The Labute approximate surface area is 159 Å².